The molecule has 0 bridgehead atoms. The number of aromatic nitrogens is 2. The summed E-state index contributed by atoms with van der Waals surface area (Å²) in [5, 5.41) is 25.4. The number of nitrogens with one attached hydrogen (secondary N) is 2. The minimum Gasteiger partial charge on any atom is -0.399 e. The fourth-order valence-corrected chi connectivity index (χ4v) is 4.35. The van der Waals surface area contributed by atoms with Gasteiger partial charge in [0.15, 0.2) is 0 Å². The third kappa shape index (κ3) is 7.02. The fraction of sp³-hybridized carbons (Fsp3) is 0. The summed E-state index contributed by atoms with van der Waals surface area (Å²) in [4.78, 5) is 40.2. The van der Waals surface area contributed by atoms with Crippen LogP contribution in [0.1, 0.15) is 10.4 Å². The molecule has 5 rings (SSSR count). The molecule has 4 aromatic carbocycles. The number of fused-ring (bicyclic) bond motifs is 1. The number of nitrogens with zero attached hydrogens (tertiary/aromatic N) is 3. The van der Waals surface area contributed by atoms with Gasteiger partial charge in [0.05, 0.1) is 36.5 Å². The van der Waals surface area contributed by atoms with Gasteiger partial charge < -0.3 is 16.0 Å². The summed E-state index contributed by atoms with van der Waals surface area (Å²) in [6, 6.07) is 17.7. The van der Waals surface area contributed by atoms with Gasteiger partial charge in [-0.25, -0.2) is 4.98 Å². The van der Waals surface area contributed by atoms with Crippen molar-refractivity contribution >= 4 is 86.1 Å². The zero-order valence-electron chi connectivity index (χ0n) is 20.4. The second-order valence-corrected chi connectivity index (χ2v) is 9.97. The number of H-pyrrole nitrogens is 1. The summed E-state index contributed by atoms with van der Waals surface area (Å²) in [5.74, 6) is -0.145. The van der Waals surface area contributed by atoms with Crippen molar-refractivity contribution in [2.75, 3.05) is 11.1 Å². The van der Waals surface area contributed by atoms with Gasteiger partial charge >= 0.3 is 0 Å². The van der Waals surface area contributed by atoms with Gasteiger partial charge in [0.25, 0.3) is 17.3 Å². The van der Waals surface area contributed by atoms with Crippen molar-refractivity contribution in [3.63, 3.8) is 0 Å². The molecule has 1 heterocycles. The van der Waals surface area contributed by atoms with E-state index in [9.17, 15) is 25.0 Å². The Labute approximate surface area is 251 Å². The van der Waals surface area contributed by atoms with Gasteiger partial charge in [-0.3, -0.25) is 25.0 Å². The standard InChI is InChI=1S/C13H7Cl2N3O5.C13H9Cl2N3/c14-7-1-4-12(18(22)23)11(5-7)16-13(19)9-6-8(17(20)21)2-3-10(9)15;14-7-1-4-11-12(5-7)18-13(17-11)9-6-8(16)2-3-10(9)15/h1-6H,(H,16,19);1-6H,16H2,(H,17,18). The fourth-order valence-electron chi connectivity index (χ4n) is 3.59. The van der Waals surface area contributed by atoms with E-state index in [1.165, 1.54) is 18.2 Å². The number of hydrogen-bond acceptors (Lipinski definition) is 7. The number of nitro groups is 2. The molecule has 0 aliphatic heterocycles. The highest BCUT2D eigenvalue weighted by Gasteiger charge is 2.20. The first kappa shape index (κ1) is 29.6. The molecule has 0 saturated heterocycles. The zero-order chi connectivity index (χ0) is 29.8. The number of halogens is 4. The SMILES string of the molecule is Nc1ccc(Cl)c(-c2nc3ccc(Cl)cc3[nH]2)c1.O=C(Nc1cc(Cl)ccc1[N+](=O)[O-])c1cc([N+](=O)[O-])ccc1Cl. The van der Waals surface area contributed by atoms with Crippen LogP contribution >= 0.6 is 46.4 Å². The minimum absolute atomic E-state index is 0.0298. The second kappa shape index (κ2) is 12.4. The van der Waals surface area contributed by atoms with Gasteiger partial charge in [-0.2, -0.15) is 0 Å². The predicted octanol–water partition coefficient (Wildman–Crippen LogP) is 8.18. The molecule has 0 saturated carbocycles. The molecule has 0 atom stereocenters. The van der Waals surface area contributed by atoms with E-state index in [4.69, 9.17) is 52.1 Å². The number of carbonyl (C=O) groups is 1. The number of benzene rings is 4. The Bertz CT molecular complexity index is 1830. The van der Waals surface area contributed by atoms with E-state index >= 15 is 0 Å². The number of nitro benzene ring substituents is 2. The lowest BCUT2D eigenvalue weighted by Crippen LogP contribution is -2.14. The molecule has 0 unspecified atom stereocenters. The highest BCUT2D eigenvalue weighted by molar-refractivity contribution is 6.35. The lowest BCUT2D eigenvalue weighted by molar-refractivity contribution is -0.384. The normalized spacial score (nSPS) is 10.5. The molecule has 0 radical (unpaired) electrons. The first-order valence-electron chi connectivity index (χ1n) is 11.3. The van der Waals surface area contributed by atoms with Crippen LogP contribution in [-0.4, -0.2) is 25.7 Å². The Morgan fingerprint density at radius 3 is 2.22 bits per heavy atom. The third-order valence-corrected chi connectivity index (χ3v) is 6.63. The number of nitrogen functional groups attached to an aromatic ring is 1. The Balaban J connectivity index is 0.000000194. The highest BCUT2D eigenvalue weighted by atomic mass is 35.5. The molecule has 0 aliphatic rings. The van der Waals surface area contributed by atoms with E-state index in [0.29, 0.717) is 21.6 Å². The first-order valence-corrected chi connectivity index (χ1v) is 12.8. The second-order valence-electron chi connectivity index (χ2n) is 8.28. The number of imidazole rings is 1. The number of non-ortho nitro benzene ring substituents is 1. The summed E-state index contributed by atoms with van der Waals surface area (Å²) >= 11 is 23.7. The molecule has 1 amide bonds. The average Bonchev–Trinajstić information content (AvgIpc) is 3.33. The van der Waals surface area contributed by atoms with Crippen molar-refractivity contribution in [2.45, 2.75) is 0 Å². The van der Waals surface area contributed by atoms with Crippen LogP contribution < -0.4 is 11.1 Å². The van der Waals surface area contributed by atoms with Crippen molar-refractivity contribution in [3.8, 4) is 11.4 Å². The average molecular weight is 634 g/mol. The molecule has 0 spiro atoms. The molecule has 0 fully saturated rings. The molecule has 0 aliphatic carbocycles. The number of amides is 1. The number of carbonyl (C=O) groups excluding carboxylic acids is 1. The predicted molar refractivity (Wildman–Crippen MR) is 160 cm³/mol. The van der Waals surface area contributed by atoms with E-state index in [1.54, 1.807) is 24.3 Å². The topological polar surface area (TPSA) is 170 Å². The van der Waals surface area contributed by atoms with Crippen molar-refractivity contribution in [1.29, 1.82) is 0 Å². The maximum atomic E-state index is 12.2. The number of anilines is 2. The Morgan fingerprint density at radius 2 is 1.51 bits per heavy atom. The molecule has 5 aromatic rings. The van der Waals surface area contributed by atoms with Gasteiger partial charge in [-0.05, 0) is 54.6 Å². The first-order chi connectivity index (χ1) is 19.4. The maximum Gasteiger partial charge on any atom is 0.292 e. The molecule has 208 valence electrons. The van der Waals surface area contributed by atoms with E-state index < -0.39 is 15.8 Å². The van der Waals surface area contributed by atoms with Gasteiger partial charge in [-0.1, -0.05) is 46.4 Å². The number of rotatable bonds is 5. The van der Waals surface area contributed by atoms with Crippen LogP contribution in [0.4, 0.5) is 22.7 Å². The van der Waals surface area contributed by atoms with Crippen LogP contribution in [0, 0.1) is 20.2 Å². The van der Waals surface area contributed by atoms with Crippen LogP contribution in [0.5, 0.6) is 0 Å². The number of nitrogens with two attached hydrogens (primary N) is 1. The van der Waals surface area contributed by atoms with Gasteiger partial charge in [0, 0.05) is 39.5 Å². The van der Waals surface area contributed by atoms with Gasteiger partial charge in [-0.15, -0.1) is 0 Å². The van der Waals surface area contributed by atoms with E-state index in [2.05, 4.69) is 15.3 Å². The van der Waals surface area contributed by atoms with Crippen LogP contribution in [0.25, 0.3) is 22.4 Å². The molecule has 15 heteroatoms. The van der Waals surface area contributed by atoms with E-state index in [0.717, 1.165) is 34.8 Å². The third-order valence-electron chi connectivity index (χ3n) is 5.50. The number of aromatic amines is 1. The minimum atomic E-state index is -0.830. The number of hydrogen-bond donors (Lipinski definition) is 3. The van der Waals surface area contributed by atoms with Gasteiger partial charge in [0.1, 0.15) is 11.5 Å². The van der Waals surface area contributed by atoms with Gasteiger partial charge in [0.2, 0.25) is 0 Å². The maximum absolute atomic E-state index is 12.2. The molecule has 41 heavy (non-hydrogen) atoms. The molecular formula is C26H16Cl4N6O5. The summed E-state index contributed by atoms with van der Waals surface area (Å²) in [7, 11) is 0. The largest absolute Gasteiger partial charge is 0.399 e. The molecular weight excluding hydrogens is 618 g/mol. The summed E-state index contributed by atoms with van der Waals surface area (Å²) < 4.78 is 0. The summed E-state index contributed by atoms with van der Waals surface area (Å²) in [6.07, 6.45) is 0. The van der Waals surface area contributed by atoms with E-state index in [1.807, 2.05) is 12.1 Å². The van der Waals surface area contributed by atoms with Crippen molar-refractivity contribution in [1.82, 2.24) is 9.97 Å². The van der Waals surface area contributed by atoms with Crippen molar-refractivity contribution in [3.05, 3.63) is 119 Å². The van der Waals surface area contributed by atoms with Crippen LogP contribution in [0.15, 0.2) is 72.8 Å². The monoisotopic (exact) mass is 632 g/mol. The van der Waals surface area contributed by atoms with Crippen LogP contribution in [-0.2, 0) is 0 Å². The van der Waals surface area contributed by atoms with Crippen molar-refractivity contribution in [2.24, 2.45) is 0 Å². The molecule has 11 nitrogen and oxygen atoms in total. The smallest absolute Gasteiger partial charge is 0.292 e. The Kier molecular flexibility index (Phi) is 8.94. The lowest BCUT2D eigenvalue weighted by Gasteiger charge is -2.08. The van der Waals surface area contributed by atoms with E-state index in [-0.39, 0.29) is 32.7 Å². The van der Waals surface area contributed by atoms with Crippen LogP contribution in [0.2, 0.25) is 20.1 Å². The van der Waals surface area contributed by atoms with Crippen LogP contribution in [0.3, 0.4) is 0 Å². The summed E-state index contributed by atoms with van der Waals surface area (Å²) in [5.41, 5.74) is 7.87. The molecule has 4 N–H and O–H groups in total. The zero-order valence-corrected chi connectivity index (χ0v) is 23.4. The highest BCUT2D eigenvalue weighted by Crippen LogP contribution is 2.31. The van der Waals surface area contributed by atoms with Crippen molar-refractivity contribution < 1.29 is 14.6 Å². The lowest BCUT2D eigenvalue weighted by atomic mass is 10.1. The summed E-state index contributed by atoms with van der Waals surface area (Å²) in [6.45, 7) is 0. The Hall–Kier alpha value is -4.42. The quantitative estimate of drug-likeness (QED) is 0.0994. The molecule has 1 aromatic heterocycles. The Morgan fingerprint density at radius 1 is 0.829 bits per heavy atom.